The van der Waals surface area contributed by atoms with Crippen molar-refractivity contribution in [3.63, 3.8) is 0 Å². The highest BCUT2D eigenvalue weighted by Gasteiger charge is 2.02. The molecule has 0 atom stereocenters. The molecule has 12 heteroatoms. The van der Waals surface area contributed by atoms with Crippen molar-refractivity contribution in [3.05, 3.63) is 0 Å². The molecular formula is C22H49N5O7. The molecule has 0 aromatic carbocycles. The Labute approximate surface area is 205 Å². The molecular weight excluding hydrogens is 446 g/mol. The van der Waals surface area contributed by atoms with Crippen molar-refractivity contribution in [1.82, 2.24) is 15.1 Å². The van der Waals surface area contributed by atoms with Gasteiger partial charge in [-0.25, -0.2) is 0 Å². The number of likely N-dealkylation sites (N-methyl/N-ethyl adjacent to an activating group) is 1. The van der Waals surface area contributed by atoms with Gasteiger partial charge in [0.05, 0.1) is 85.8 Å². The van der Waals surface area contributed by atoms with Crippen molar-refractivity contribution in [2.24, 2.45) is 11.5 Å². The number of nitrogens with two attached hydrogens (primary N) is 2. The van der Waals surface area contributed by atoms with E-state index in [4.69, 9.17) is 39.9 Å². The minimum Gasteiger partial charge on any atom is -0.378 e. The van der Waals surface area contributed by atoms with Crippen LogP contribution in [0.3, 0.4) is 0 Å². The van der Waals surface area contributed by atoms with E-state index in [1.807, 2.05) is 19.0 Å². The number of amides is 1. The minimum absolute atomic E-state index is 0.00995. The summed E-state index contributed by atoms with van der Waals surface area (Å²) in [6.07, 6.45) is 0. The van der Waals surface area contributed by atoms with Gasteiger partial charge in [0, 0.05) is 39.3 Å². The Balaban J connectivity index is 3.17. The van der Waals surface area contributed by atoms with Crippen LogP contribution in [0.15, 0.2) is 0 Å². The van der Waals surface area contributed by atoms with Gasteiger partial charge in [-0.1, -0.05) is 0 Å². The standard InChI is InChI=1S/C22H49N5O7/c1-26(2)21-22(28)25-5-9-29-11-13-31-15-17-33-19-20-34-18-16-32-14-12-30-10-8-27(6-3-23)7-4-24/h3-21,23-24H2,1-2H3,(H,25,28). The van der Waals surface area contributed by atoms with Crippen molar-refractivity contribution in [2.75, 3.05) is 139 Å². The summed E-state index contributed by atoms with van der Waals surface area (Å²) in [5.74, 6) is -0.00995. The Bertz CT molecular complexity index is 430. The van der Waals surface area contributed by atoms with Crippen molar-refractivity contribution < 1.29 is 33.2 Å². The minimum atomic E-state index is -0.00995. The van der Waals surface area contributed by atoms with Crippen LogP contribution in [0.25, 0.3) is 0 Å². The number of carbonyl (C=O) groups is 1. The van der Waals surface area contributed by atoms with Gasteiger partial charge in [0.25, 0.3) is 0 Å². The van der Waals surface area contributed by atoms with Gasteiger partial charge >= 0.3 is 0 Å². The lowest BCUT2D eigenvalue weighted by molar-refractivity contribution is -0.121. The monoisotopic (exact) mass is 495 g/mol. The van der Waals surface area contributed by atoms with E-state index in [0.717, 1.165) is 19.6 Å². The molecule has 0 aliphatic carbocycles. The molecule has 1 amide bonds. The molecule has 0 aliphatic rings. The smallest absolute Gasteiger partial charge is 0.234 e. The Kier molecular flexibility index (Phi) is 25.9. The van der Waals surface area contributed by atoms with E-state index >= 15 is 0 Å². The number of hydrogen-bond donors (Lipinski definition) is 3. The van der Waals surface area contributed by atoms with Crippen LogP contribution in [0.1, 0.15) is 0 Å². The second kappa shape index (κ2) is 26.7. The van der Waals surface area contributed by atoms with E-state index < -0.39 is 0 Å². The van der Waals surface area contributed by atoms with E-state index in [2.05, 4.69) is 10.2 Å². The normalized spacial score (nSPS) is 11.6. The lowest BCUT2D eigenvalue weighted by Gasteiger charge is -2.20. The number of hydrogen-bond acceptors (Lipinski definition) is 11. The van der Waals surface area contributed by atoms with Crippen molar-refractivity contribution in [1.29, 1.82) is 0 Å². The summed E-state index contributed by atoms with van der Waals surface area (Å²) in [6.45, 7) is 10.9. The fraction of sp³-hybridized carbons (Fsp3) is 0.955. The average molecular weight is 496 g/mol. The van der Waals surface area contributed by atoms with Gasteiger partial charge in [-0.15, -0.1) is 0 Å². The number of carbonyl (C=O) groups excluding carboxylic acids is 1. The Morgan fingerprint density at radius 3 is 1.38 bits per heavy atom. The summed E-state index contributed by atoms with van der Waals surface area (Å²) < 4.78 is 32.7. The third-order valence-corrected chi connectivity index (χ3v) is 4.33. The predicted molar refractivity (Wildman–Crippen MR) is 131 cm³/mol. The first-order chi connectivity index (χ1) is 16.6. The molecule has 0 radical (unpaired) electrons. The first-order valence-electron chi connectivity index (χ1n) is 12.1. The highest BCUT2D eigenvalue weighted by Crippen LogP contribution is 1.88. The molecule has 0 fully saturated rings. The Morgan fingerprint density at radius 1 is 0.618 bits per heavy atom. The van der Waals surface area contributed by atoms with Gasteiger partial charge < -0.3 is 50.1 Å². The molecule has 0 aliphatic heterocycles. The van der Waals surface area contributed by atoms with Gasteiger partial charge in [0.1, 0.15) is 0 Å². The first-order valence-corrected chi connectivity index (χ1v) is 12.1. The Hall–Kier alpha value is -0.930. The van der Waals surface area contributed by atoms with E-state index in [1.54, 1.807) is 0 Å². The molecule has 12 nitrogen and oxygen atoms in total. The van der Waals surface area contributed by atoms with Gasteiger partial charge in [-0.2, -0.15) is 0 Å². The van der Waals surface area contributed by atoms with Crippen LogP contribution in [0.2, 0.25) is 0 Å². The summed E-state index contributed by atoms with van der Waals surface area (Å²) >= 11 is 0. The van der Waals surface area contributed by atoms with Crippen LogP contribution in [-0.2, 0) is 33.2 Å². The quantitative estimate of drug-likeness (QED) is 0.109. The molecule has 0 heterocycles. The van der Waals surface area contributed by atoms with Gasteiger partial charge in [-0.3, -0.25) is 9.69 Å². The molecule has 204 valence electrons. The molecule has 0 bridgehead atoms. The molecule has 0 rings (SSSR count). The Morgan fingerprint density at radius 2 is 1.00 bits per heavy atom. The van der Waals surface area contributed by atoms with Gasteiger partial charge in [0.15, 0.2) is 0 Å². The lowest BCUT2D eigenvalue weighted by atomic mass is 10.4. The van der Waals surface area contributed by atoms with Crippen LogP contribution >= 0.6 is 0 Å². The lowest BCUT2D eigenvalue weighted by Crippen LogP contribution is -2.36. The van der Waals surface area contributed by atoms with Crippen LogP contribution in [0.4, 0.5) is 0 Å². The number of ether oxygens (including phenoxy) is 6. The molecule has 0 saturated heterocycles. The highest BCUT2D eigenvalue weighted by atomic mass is 16.6. The fourth-order valence-corrected chi connectivity index (χ4v) is 2.70. The maximum Gasteiger partial charge on any atom is 0.234 e. The fourth-order valence-electron chi connectivity index (χ4n) is 2.70. The SMILES string of the molecule is CN(C)CC(=O)NCCOCCOCCOCCOCCOCCOCCN(CCN)CCN. The maximum absolute atomic E-state index is 11.4. The van der Waals surface area contributed by atoms with E-state index in [9.17, 15) is 4.79 Å². The van der Waals surface area contributed by atoms with Gasteiger partial charge in [0.2, 0.25) is 5.91 Å². The number of rotatable bonds is 27. The van der Waals surface area contributed by atoms with Crippen LogP contribution in [0.5, 0.6) is 0 Å². The number of nitrogens with one attached hydrogen (secondary N) is 1. The molecule has 0 unspecified atom stereocenters. The van der Waals surface area contributed by atoms with Crippen molar-refractivity contribution in [3.8, 4) is 0 Å². The largest absolute Gasteiger partial charge is 0.378 e. The molecule has 34 heavy (non-hydrogen) atoms. The van der Waals surface area contributed by atoms with Crippen LogP contribution < -0.4 is 16.8 Å². The summed E-state index contributed by atoms with van der Waals surface area (Å²) in [4.78, 5) is 15.4. The summed E-state index contributed by atoms with van der Waals surface area (Å²) in [7, 11) is 3.70. The molecule has 0 aromatic heterocycles. The summed E-state index contributed by atoms with van der Waals surface area (Å²) in [6, 6.07) is 0. The second-order valence-electron chi connectivity index (χ2n) is 7.68. The topological polar surface area (TPSA) is 143 Å². The summed E-state index contributed by atoms with van der Waals surface area (Å²) in [5.41, 5.74) is 11.1. The van der Waals surface area contributed by atoms with E-state index in [1.165, 1.54) is 0 Å². The zero-order chi connectivity index (χ0) is 25.1. The second-order valence-corrected chi connectivity index (χ2v) is 7.68. The molecule has 0 spiro atoms. The van der Waals surface area contributed by atoms with Crippen molar-refractivity contribution >= 4 is 5.91 Å². The zero-order valence-corrected chi connectivity index (χ0v) is 21.3. The highest BCUT2D eigenvalue weighted by molar-refractivity contribution is 5.77. The third-order valence-electron chi connectivity index (χ3n) is 4.33. The third kappa shape index (κ3) is 25.7. The first kappa shape index (κ1) is 33.1. The summed E-state index contributed by atoms with van der Waals surface area (Å²) in [5, 5.41) is 2.78. The average Bonchev–Trinajstić information content (AvgIpc) is 2.79. The zero-order valence-electron chi connectivity index (χ0n) is 21.3. The van der Waals surface area contributed by atoms with Crippen molar-refractivity contribution in [2.45, 2.75) is 0 Å². The van der Waals surface area contributed by atoms with E-state index in [0.29, 0.717) is 105 Å². The molecule has 0 saturated carbocycles. The predicted octanol–water partition coefficient (Wildman–Crippen LogP) is -2.02. The molecule has 0 aromatic rings. The van der Waals surface area contributed by atoms with Crippen LogP contribution in [0, 0.1) is 0 Å². The van der Waals surface area contributed by atoms with E-state index in [-0.39, 0.29) is 5.91 Å². The van der Waals surface area contributed by atoms with Crippen LogP contribution in [-0.4, -0.2) is 155 Å². The molecule has 5 N–H and O–H groups in total. The van der Waals surface area contributed by atoms with Gasteiger partial charge in [-0.05, 0) is 14.1 Å². The maximum atomic E-state index is 11.4. The number of nitrogens with zero attached hydrogens (tertiary/aromatic N) is 2.